The highest BCUT2D eigenvalue weighted by molar-refractivity contribution is 9.10. The molecule has 158 valence electrons. The van der Waals surface area contributed by atoms with Crippen molar-refractivity contribution >= 4 is 31.9 Å². The molecule has 1 saturated heterocycles. The monoisotopic (exact) mass is 472 g/mol. The first-order valence-electron chi connectivity index (χ1n) is 10.4. The van der Waals surface area contributed by atoms with Crippen LogP contribution in [-0.2, 0) is 20.6 Å². The molecule has 28 heavy (non-hydrogen) atoms. The van der Waals surface area contributed by atoms with E-state index in [9.17, 15) is 13.2 Å². The van der Waals surface area contributed by atoms with Gasteiger partial charge in [0.25, 0.3) is 0 Å². The summed E-state index contributed by atoms with van der Waals surface area (Å²) in [5, 5.41) is 3.10. The lowest BCUT2D eigenvalue weighted by Crippen LogP contribution is -2.44. The van der Waals surface area contributed by atoms with Gasteiger partial charge < -0.3 is 5.32 Å². The Labute approximate surface area is 178 Å². The number of carbonyl (C=O) groups excluding carboxylic acids is 1. The minimum atomic E-state index is -3.35. The van der Waals surface area contributed by atoms with Crippen LogP contribution in [0, 0.1) is 11.8 Å². The first kappa shape index (κ1) is 23.4. The van der Waals surface area contributed by atoms with Gasteiger partial charge in [-0.15, -0.1) is 0 Å². The van der Waals surface area contributed by atoms with E-state index in [0.29, 0.717) is 31.8 Å². The van der Waals surface area contributed by atoms with Gasteiger partial charge in [0.2, 0.25) is 15.9 Å². The number of nitrogens with zero attached hydrogens (tertiary/aromatic N) is 1. The summed E-state index contributed by atoms with van der Waals surface area (Å²) in [6, 6.07) is 7.35. The summed E-state index contributed by atoms with van der Waals surface area (Å²) in [5.41, 5.74) is 0.778. The molecular formula is C21H33BrN2O3S. The second-order valence-corrected chi connectivity index (χ2v) is 10.6. The average molecular weight is 473 g/mol. The zero-order chi connectivity index (χ0) is 20.6. The van der Waals surface area contributed by atoms with Crippen molar-refractivity contribution in [1.29, 1.82) is 0 Å². The van der Waals surface area contributed by atoms with Crippen LogP contribution in [0.25, 0.3) is 0 Å². The third-order valence-electron chi connectivity index (χ3n) is 5.59. The second-order valence-electron chi connectivity index (χ2n) is 7.72. The summed E-state index contributed by atoms with van der Waals surface area (Å²) in [6.45, 7) is 5.93. The molecule has 0 unspecified atom stereocenters. The fourth-order valence-corrected chi connectivity index (χ4v) is 5.44. The van der Waals surface area contributed by atoms with E-state index >= 15 is 0 Å². The van der Waals surface area contributed by atoms with E-state index in [-0.39, 0.29) is 17.6 Å². The molecular weight excluding hydrogens is 440 g/mol. The molecule has 1 N–H and O–H groups in total. The first-order valence-corrected chi connectivity index (χ1v) is 12.8. The Morgan fingerprint density at radius 1 is 1.21 bits per heavy atom. The molecule has 1 amide bonds. The summed E-state index contributed by atoms with van der Waals surface area (Å²) in [4.78, 5) is 12.5. The van der Waals surface area contributed by atoms with Crippen LogP contribution in [0.5, 0.6) is 0 Å². The van der Waals surface area contributed by atoms with Crippen LogP contribution in [0.3, 0.4) is 0 Å². The molecule has 1 aliphatic rings. The zero-order valence-corrected chi connectivity index (χ0v) is 19.4. The number of carbonyl (C=O) groups is 1. The third kappa shape index (κ3) is 7.16. The van der Waals surface area contributed by atoms with Gasteiger partial charge in [0.15, 0.2) is 0 Å². The zero-order valence-electron chi connectivity index (χ0n) is 17.0. The van der Waals surface area contributed by atoms with Gasteiger partial charge in [-0.25, -0.2) is 12.7 Å². The van der Waals surface area contributed by atoms with Crippen LogP contribution < -0.4 is 5.32 Å². The van der Waals surface area contributed by atoms with Gasteiger partial charge in [0.1, 0.15) is 0 Å². The summed E-state index contributed by atoms with van der Waals surface area (Å²) >= 11 is 3.36. The van der Waals surface area contributed by atoms with Crippen LogP contribution >= 0.6 is 15.9 Å². The number of nitrogens with one attached hydrogen (secondary N) is 1. The van der Waals surface area contributed by atoms with Crippen LogP contribution in [0.2, 0.25) is 0 Å². The highest BCUT2D eigenvalue weighted by atomic mass is 79.9. The number of piperidine rings is 1. The van der Waals surface area contributed by atoms with Gasteiger partial charge in [-0.1, -0.05) is 61.2 Å². The van der Waals surface area contributed by atoms with Crippen molar-refractivity contribution < 1.29 is 13.2 Å². The SMILES string of the molecule is CCCC[C@H](CC)CNC(=O)C1CCN(S(=O)(=O)Cc2ccc(Br)cc2)CC1. The molecule has 0 aliphatic carbocycles. The number of amides is 1. The summed E-state index contributed by atoms with van der Waals surface area (Å²) in [7, 11) is -3.35. The van der Waals surface area contributed by atoms with E-state index in [0.717, 1.165) is 29.4 Å². The Morgan fingerprint density at radius 3 is 2.43 bits per heavy atom. The van der Waals surface area contributed by atoms with Crippen molar-refractivity contribution in [3.63, 3.8) is 0 Å². The van der Waals surface area contributed by atoms with Gasteiger partial charge in [-0.05, 0) is 42.9 Å². The van der Waals surface area contributed by atoms with Crippen molar-refractivity contribution in [2.75, 3.05) is 19.6 Å². The predicted octanol–water partition coefficient (Wildman–Crippen LogP) is 4.32. The predicted molar refractivity (Wildman–Crippen MR) is 117 cm³/mol. The molecule has 1 aliphatic heterocycles. The number of rotatable bonds is 10. The molecule has 7 heteroatoms. The van der Waals surface area contributed by atoms with Crippen LogP contribution in [0.15, 0.2) is 28.7 Å². The molecule has 2 rings (SSSR count). The van der Waals surface area contributed by atoms with E-state index in [1.165, 1.54) is 17.1 Å². The maximum absolute atomic E-state index is 12.7. The second kappa shape index (κ2) is 11.3. The number of hydrogen-bond donors (Lipinski definition) is 1. The van der Waals surface area contributed by atoms with Gasteiger partial charge in [-0.3, -0.25) is 4.79 Å². The average Bonchev–Trinajstić information content (AvgIpc) is 2.69. The maximum Gasteiger partial charge on any atom is 0.223 e. The third-order valence-corrected chi connectivity index (χ3v) is 7.97. The summed E-state index contributed by atoms with van der Waals surface area (Å²) in [6.07, 6.45) is 5.79. The number of halogens is 1. The smallest absolute Gasteiger partial charge is 0.223 e. The van der Waals surface area contributed by atoms with E-state index in [4.69, 9.17) is 0 Å². The van der Waals surface area contributed by atoms with Gasteiger partial charge in [0, 0.05) is 30.0 Å². The Bertz CT molecular complexity index is 714. The topological polar surface area (TPSA) is 66.5 Å². The molecule has 0 spiro atoms. The van der Waals surface area contributed by atoms with Crippen LogP contribution in [0.1, 0.15) is 57.9 Å². The molecule has 1 atom stereocenters. The van der Waals surface area contributed by atoms with Crippen molar-refractivity contribution in [1.82, 2.24) is 9.62 Å². The normalized spacial score (nSPS) is 17.4. The van der Waals surface area contributed by atoms with Crippen molar-refractivity contribution in [2.24, 2.45) is 11.8 Å². The molecule has 5 nitrogen and oxygen atoms in total. The molecule has 0 bridgehead atoms. The van der Waals surface area contributed by atoms with Gasteiger partial charge in [-0.2, -0.15) is 0 Å². The van der Waals surface area contributed by atoms with Crippen LogP contribution in [-0.4, -0.2) is 38.3 Å². The lowest BCUT2D eigenvalue weighted by Gasteiger charge is -2.31. The number of benzene rings is 1. The van der Waals surface area contributed by atoms with Gasteiger partial charge in [0.05, 0.1) is 5.75 Å². The number of hydrogen-bond acceptors (Lipinski definition) is 3. The van der Waals surface area contributed by atoms with Gasteiger partial charge >= 0.3 is 0 Å². The molecule has 0 aromatic heterocycles. The Hall–Kier alpha value is -0.920. The molecule has 1 aromatic rings. The first-order chi connectivity index (χ1) is 13.4. The lowest BCUT2D eigenvalue weighted by molar-refractivity contribution is -0.126. The fourth-order valence-electron chi connectivity index (χ4n) is 3.61. The summed E-state index contributed by atoms with van der Waals surface area (Å²) in [5.74, 6) is 0.547. The van der Waals surface area contributed by atoms with Crippen molar-refractivity contribution in [3.05, 3.63) is 34.3 Å². The molecule has 0 radical (unpaired) electrons. The Kier molecular flexibility index (Phi) is 9.44. The van der Waals surface area contributed by atoms with Crippen LogP contribution in [0.4, 0.5) is 0 Å². The van der Waals surface area contributed by atoms with E-state index in [1.807, 2.05) is 24.3 Å². The number of sulfonamides is 1. The van der Waals surface area contributed by atoms with E-state index in [1.54, 1.807) is 0 Å². The molecule has 0 saturated carbocycles. The van der Waals surface area contributed by atoms with E-state index in [2.05, 4.69) is 35.1 Å². The number of unbranched alkanes of at least 4 members (excludes halogenated alkanes) is 1. The Balaban J connectivity index is 1.80. The highest BCUT2D eigenvalue weighted by Crippen LogP contribution is 2.23. The summed E-state index contributed by atoms with van der Waals surface area (Å²) < 4.78 is 27.8. The largest absolute Gasteiger partial charge is 0.356 e. The Morgan fingerprint density at radius 2 is 1.86 bits per heavy atom. The molecule has 1 fully saturated rings. The lowest BCUT2D eigenvalue weighted by atomic mass is 9.95. The van der Waals surface area contributed by atoms with Crippen molar-refractivity contribution in [2.45, 2.75) is 58.1 Å². The quantitative estimate of drug-likeness (QED) is 0.550. The highest BCUT2D eigenvalue weighted by Gasteiger charge is 2.31. The minimum Gasteiger partial charge on any atom is -0.356 e. The molecule has 1 heterocycles. The fraction of sp³-hybridized carbons (Fsp3) is 0.667. The maximum atomic E-state index is 12.7. The standard InChI is InChI=1S/C21H33BrN2O3S/c1-3-5-6-17(4-2)15-23-21(25)19-11-13-24(14-12-19)28(26,27)16-18-7-9-20(22)10-8-18/h7-10,17,19H,3-6,11-16H2,1-2H3,(H,23,25)/t17-/m0/s1. The van der Waals surface area contributed by atoms with E-state index < -0.39 is 10.0 Å². The minimum absolute atomic E-state index is 0.00670. The molecule has 1 aromatic carbocycles. The van der Waals surface area contributed by atoms with Crippen molar-refractivity contribution in [3.8, 4) is 0 Å².